The lowest BCUT2D eigenvalue weighted by molar-refractivity contribution is 0.268. The molecule has 0 amide bonds. The van der Waals surface area contributed by atoms with Crippen LogP contribution in [0.3, 0.4) is 0 Å². The summed E-state index contributed by atoms with van der Waals surface area (Å²) >= 11 is 0. The van der Waals surface area contributed by atoms with E-state index in [2.05, 4.69) is 33.9 Å². The van der Waals surface area contributed by atoms with Crippen molar-refractivity contribution in [3.8, 4) is 0 Å². The molecule has 3 heterocycles. The molecular formula is C13H20N6. The van der Waals surface area contributed by atoms with Crippen molar-refractivity contribution < 1.29 is 0 Å². The second-order valence-electron chi connectivity index (χ2n) is 5.26. The lowest BCUT2D eigenvalue weighted by Crippen LogP contribution is -2.55. The SMILES string of the molecule is Cc1ccn2nc(N3CCN(C)CC3CN)nc2c1. The minimum absolute atomic E-state index is 0.289. The number of hydrogen-bond donors (Lipinski definition) is 1. The van der Waals surface area contributed by atoms with Gasteiger partial charge in [-0.3, -0.25) is 0 Å². The number of anilines is 1. The molecule has 2 aromatic rings. The first kappa shape index (κ1) is 12.4. The molecule has 2 aromatic heterocycles. The predicted octanol–water partition coefficient (Wildman–Crippen LogP) is 0.117. The number of fused-ring (bicyclic) bond motifs is 1. The predicted molar refractivity (Wildman–Crippen MR) is 75.4 cm³/mol. The van der Waals surface area contributed by atoms with E-state index in [0.29, 0.717) is 6.54 Å². The molecule has 0 radical (unpaired) electrons. The van der Waals surface area contributed by atoms with Crippen LogP contribution in [0.1, 0.15) is 5.56 Å². The standard InChI is InChI=1S/C13H20N6/c1-10-3-4-19-12(7-10)15-13(16-19)18-6-5-17(2)9-11(18)8-14/h3-4,7,11H,5-6,8-9,14H2,1-2H3. The zero-order valence-corrected chi connectivity index (χ0v) is 11.5. The van der Waals surface area contributed by atoms with Gasteiger partial charge in [-0.15, -0.1) is 5.10 Å². The molecule has 0 saturated carbocycles. The first-order valence-electron chi connectivity index (χ1n) is 6.65. The summed E-state index contributed by atoms with van der Waals surface area (Å²) in [4.78, 5) is 9.15. The maximum absolute atomic E-state index is 5.88. The van der Waals surface area contributed by atoms with Crippen LogP contribution in [0.4, 0.5) is 5.95 Å². The van der Waals surface area contributed by atoms with E-state index in [9.17, 15) is 0 Å². The lowest BCUT2D eigenvalue weighted by atomic mass is 10.2. The van der Waals surface area contributed by atoms with Crippen molar-refractivity contribution in [1.82, 2.24) is 19.5 Å². The number of likely N-dealkylation sites (N-methyl/N-ethyl adjacent to an activating group) is 1. The Morgan fingerprint density at radius 1 is 1.42 bits per heavy atom. The van der Waals surface area contributed by atoms with Crippen molar-refractivity contribution in [2.75, 3.05) is 38.1 Å². The molecule has 1 aliphatic heterocycles. The molecule has 1 unspecified atom stereocenters. The number of aryl methyl sites for hydroxylation is 1. The van der Waals surface area contributed by atoms with Gasteiger partial charge in [0.05, 0.1) is 6.04 Å². The van der Waals surface area contributed by atoms with E-state index < -0.39 is 0 Å². The van der Waals surface area contributed by atoms with Crippen LogP contribution in [0.5, 0.6) is 0 Å². The van der Waals surface area contributed by atoms with Gasteiger partial charge in [-0.05, 0) is 31.7 Å². The molecule has 0 aromatic carbocycles. The van der Waals surface area contributed by atoms with Crippen LogP contribution in [-0.2, 0) is 0 Å². The zero-order valence-electron chi connectivity index (χ0n) is 11.5. The van der Waals surface area contributed by atoms with E-state index in [1.165, 1.54) is 5.56 Å². The van der Waals surface area contributed by atoms with Gasteiger partial charge < -0.3 is 15.5 Å². The number of piperazine rings is 1. The second-order valence-corrected chi connectivity index (χ2v) is 5.26. The summed E-state index contributed by atoms with van der Waals surface area (Å²) in [5, 5.41) is 4.56. The Kier molecular flexibility index (Phi) is 3.12. The van der Waals surface area contributed by atoms with Gasteiger partial charge in [0, 0.05) is 32.4 Å². The number of nitrogens with two attached hydrogens (primary N) is 1. The summed E-state index contributed by atoms with van der Waals surface area (Å²) in [7, 11) is 2.13. The quantitative estimate of drug-likeness (QED) is 0.831. The fraction of sp³-hybridized carbons (Fsp3) is 0.538. The molecule has 1 atom stereocenters. The van der Waals surface area contributed by atoms with Gasteiger partial charge in [0.2, 0.25) is 5.95 Å². The van der Waals surface area contributed by atoms with Crippen LogP contribution >= 0.6 is 0 Å². The van der Waals surface area contributed by atoms with E-state index in [1.54, 1.807) is 0 Å². The molecule has 0 aliphatic carbocycles. The summed E-state index contributed by atoms with van der Waals surface area (Å²) in [6.45, 7) is 5.59. The van der Waals surface area contributed by atoms with E-state index in [1.807, 2.05) is 22.8 Å². The number of pyridine rings is 1. The molecule has 19 heavy (non-hydrogen) atoms. The summed E-state index contributed by atoms with van der Waals surface area (Å²) in [6.07, 6.45) is 1.95. The van der Waals surface area contributed by atoms with Gasteiger partial charge in [0.1, 0.15) is 0 Å². The molecule has 1 saturated heterocycles. The van der Waals surface area contributed by atoms with E-state index in [-0.39, 0.29) is 6.04 Å². The van der Waals surface area contributed by atoms with E-state index >= 15 is 0 Å². The summed E-state index contributed by atoms with van der Waals surface area (Å²) in [5.74, 6) is 0.786. The van der Waals surface area contributed by atoms with E-state index in [0.717, 1.165) is 31.2 Å². The Morgan fingerprint density at radius 3 is 3.05 bits per heavy atom. The van der Waals surface area contributed by atoms with Crippen molar-refractivity contribution in [3.63, 3.8) is 0 Å². The summed E-state index contributed by atoms with van der Waals surface area (Å²) in [6, 6.07) is 4.37. The monoisotopic (exact) mass is 260 g/mol. The van der Waals surface area contributed by atoms with Crippen LogP contribution in [0.25, 0.3) is 5.65 Å². The first-order chi connectivity index (χ1) is 9.17. The van der Waals surface area contributed by atoms with Crippen LogP contribution < -0.4 is 10.6 Å². The number of nitrogens with zero attached hydrogens (tertiary/aromatic N) is 5. The van der Waals surface area contributed by atoms with Gasteiger partial charge in [-0.2, -0.15) is 4.98 Å². The summed E-state index contributed by atoms with van der Waals surface area (Å²) in [5.41, 5.74) is 7.97. The normalized spacial score (nSPS) is 21.2. The van der Waals surface area contributed by atoms with Crippen molar-refractivity contribution in [2.45, 2.75) is 13.0 Å². The largest absolute Gasteiger partial charge is 0.333 e. The van der Waals surface area contributed by atoms with Crippen molar-refractivity contribution >= 4 is 11.6 Å². The Labute approximate surface area is 112 Å². The Balaban J connectivity index is 1.94. The fourth-order valence-corrected chi connectivity index (χ4v) is 2.57. The van der Waals surface area contributed by atoms with Gasteiger partial charge in [-0.1, -0.05) is 0 Å². The molecular weight excluding hydrogens is 240 g/mol. The molecule has 6 heteroatoms. The third kappa shape index (κ3) is 2.29. The first-order valence-corrected chi connectivity index (χ1v) is 6.65. The molecule has 0 spiro atoms. The Hall–Kier alpha value is -1.66. The molecule has 1 aliphatic rings. The van der Waals surface area contributed by atoms with Crippen LogP contribution in [0, 0.1) is 6.92 Å². The van der Waals surface area contributed by atoms with E-state index in [4.69, 9.17) is 5.73 Å². The van der Waals surface area contributed by atoms with Gasteiger partial charge >= 0.3 is 0 Å². The molecule has 1 fully saturated rings. The fourth-order valence-electron chi connectivity index (χ4n) is 2.57. The smallest absolute Gasteiger partial charge is 0.246 e. The highest BCUT2D eigenvalue weighted by atomic mass is 15.4. The molecule has 3 rings (SSSR count). The molecule has 102 valence electrons. The number of hydrogen-bond acceptors (Lipinski definition) is 5. The highest BCUT2D eigenvalue weighted by Gasteiger charge is 2.26. The Bertz CT molecular complexity index is 578. The van der Waals surface area contributed by atoms with Crippen LogP contribution in [0.15, 0.2) is 18.3 Å². The Morgan fingerprint density at radius 2 is 2.26 bits per heavy atom. The maximum atomic E-state index is 5.88. The van der Waals surface area contributed by atoms with Gasteiger partial charge in [0.25, 0.3) is 0 Å². The second kappa shape index (κ2) is 4.79. The van der Waals surface area contributed by atoms with Crippen LogP contribution in [0.2, 0.25) is 0 Å². The van der Waals surface area contributed by atoms with Crippen molar-refractivity contribution in [2.24, 2.45) is 5.73 Å². The third-order valence-electron chi connectivity index (χ3n) is 3.70. The summed E-state index contributed by atoms with van der Waals surface area (Å²) < 4.78 is 1.83. The average Bonchev–Trinajstić information content (AvgIpc) is 2.81. The van der Waals surface area contributed by atoms with Crippen molar-refractivity contribution in [1.29, 1.82) is 0 Å². The zero-order chi connectivity index (χ0) is 13.4. The van der Waals surface area contributed by atoms with Gasteiger partial charge in [0.15, 0.2) is 5.65 Å². The number of aromatic nitrogens is 3. The minimum Gasteiger partial charge on any atom is -0.333 e. The molecule has 0 bridgehead atoms. The molecule has 2 N–H and O–H groups in total. The average molecular weight is 260 g/mol. The number of rotatable bonds is 2. The van der Waals surface area contributed by atoms with Crippen molar-refractivity contribution in [3.05, 3.63) is 23.9 Å². The highest BCUT2D eigenvalue weighted by molar-refractivity contribution is 5.47. The lowest BCUT2D eigenvalue weighted by Gasteiger charge is -2.38. The third-order valence-corrected chi connectivity index (χ3v) is 3.70. The van der Waals surface area contributed by atoms with Gasteiger partial charge in [-0.25, -0.2) is 4.52 Å². The van der Waals surface area contributed by atoms with Crippen LogP contribution in [-0.4, -0.2) is 58.8 Å². The minimum atomic E-state index is 0.289. The highest BCUT2D eigenvalue weighted by Crippen LogP contribution is 2.17. The topological polar surface area (TPSA) is 62.7 Å². The maximum Gasteiger partial charge on any atom is 0.246 e. The molecule has 6 nitrogen and oxygen atoms in total.